The maximum atomic E-state index is 12.4. The highest BCUT2D eigenvalue weighted by molar-refractivity contribution is 7.08. The van der Waals surface area contributed by atoms with Crippen molar-refractivity contribution in [2.75, 3.05) is 0 Å². The Bertz CT molecular complexity index is 776. The van der Waals surface area contributed by atoms with Crippen LogP contribution < -0.4 is 5.32 Å². The number of hydrogen-bond donors (Lipinski definition) is 1. The Morgan fingerprint density at radius 2 is 2.22 bits per heavy atom. The summed E-state index contributed by atoms with van der Waals surface area (Å²) in [4.78, 5) is 13.0. The van der Waals surface area contributed by atoms with Gasteiger partial charge in [0.1, 0.15) is 16.2 Å². The molecule has 6 heteroatoms. The molecule has 2 aromatic heterocycles. The van der Waals surface area contributed by atoms with Crippen LogP contribution in [-0.2, 0) is 12.8 Å². The first-order valence-corrected chi connectivity index (χ1v) is 8.54. The number of hydrogen-bond acceptors (Lipinski definition) is 5. The summed E-state index contributed by atoms with van der Waals surface area (Å²) in [6, 6.07) is 9.90. The highest BCUT2D eigenvalue weighted by Gasteiger charge is 2.18. The second-order valence-electron chi connectivity index (χ2n) is 5.63. The van der Waals surface area contributed by atoms with Crippen LogP contribution in [0.5, 0.6) is 0 Å². The van der Waals surface area contributed by atoms with Crippen molar-refractivity contribution in [2.24, 2.45) is 0 Å². The topological polar surface area (TPSA) is 68.0 Å². The van der Waals surface area contributed by atoms with Gasteiger partial charge in [-0.2, -0.15) is 0 Å². The van der Waals surface area contributed by atoms with Crippen molar-refractivity contribution in [3.8, 4) is 0 Å². The number of furan rings is 1. The third-order valence-corrected chi connectivity index (χ3v) is 4.38. The van der Waals surface area contributed by atoms with E-state index in [0.29, 0.717) is 11.3 Å². The Balaban J connectivity index is 1.65. The predicted molar refractivity (Wildman–Crippen MR) is 90.8 cm³/mol. The quantitative estimate of drug-likeness (QED) is 0.750. The zero-order valence-corrected chi connectivity index (χ0v) is 14.0. The van der Waals surface area contributed by atoms with E-state index in [2.05, 4.69) is 21.8 Å². The number of carbonyl (C=O) groups is 1. The van der Waals surface area contributed by atoms with Crippen LogP contribution in [0.2, 0.25) is 0 Å². The van der Waals surface area contributed by atoms with Crippen LogP contribution >= 0.6 is 11.5 Å². The normalized spacial score (nSPS) is 12.4. The number of nitrogens with zero attached hydrogens (tertiary/aromatic N) is 2. The van der Waals surface area contributed by atoms with Gasteiger partial charge in [0.05, 0.1) is 5.69 Å². The minimum atomic E-state index is -0.105. The number of amides is 1. The van der Waals surface area contributed by atoms with Gasteiger partial charge in [0, 0.05) is 17.8 Å². The first-order chi connectivity index (χ1) is 11.2. The first-order valence-electron chi connectivity index (χ1n) is 7.77. The number of benzene rings is 1. The standard InChI is InChI=1S/C17H19N3O2S/c1-3-6-14-16(23-20-19-14)17(21)18-11(2)9-13-10-12-7-4-5-8-15(12)22-13/h4-5,7-8,10-11H,3,6,9H2,1-2H3,(H,18,21). The molecule has 0 aliphatic rings. The fraction of sp³-hybridized carbons (Fsp3) is 0.353. The van der Waals surface area contributed by atoms with E-state index in [1.54, 1.807) is 0 Å². The van der Waals surface area contributed by atoms with Crippen LogP contribution in [0.15, 0.2) is 34.7 Å². The average Bonchev–Trinajstić information content (AvgIpc) is 3.13. The van der Waals surface area contributed by atoms with Gasteiger partial charge in [0.2, 0.25) is 0 Å². The largest absolute Gasteiger partial charge is 0.461 e. The number of para-hydroxylation sites is 1. The minimum absolute atomic E-state index is 0.0281. The molecule has 0 bridgehead atoms. The lowest BCUT2D eigenvalue weighted by Gasteiger charge is -2.11. The minimum Gasteiger partial charge on any atom is -0.461 e. The van der Waals surface area contributed by atoms with E-state index >= 15 is 0 Å². The van der Waals surface area contributed by atoms with Crippen LogP contribution in [-0.4, -0.2) is 21.5 Å². The fourth-order valence-corrected chi connectivity index (χ4v) is 3.17. The van der Waals surface area contributed by atoms with Crippen molar-refractivity contribution < 1.29 is 9.21 Å². The van der Waals surface area contributed by atoms with Gasteiger partial charge in [0.15, 0.2) is 0 Å². The lowest BCUT2D eigenvalue weighted by Crippen LogP contribution is -2.34. The summed E-state index contributed by atoms with van der Waals surface area (Å²) in [5.41, 5.74) is 1.66. The molecule has 0 saturated heterocycles. The number of carbonyl (C=O) groups excluding carboxylic acids is 1. The van der Waals surface area contributed by atoms with Crippen molar-refractivity contribution in [1.82, 2.24) is 14.9 Å². The molecule has 0 aliphatic heterocycles. The molecule has 5 nitrogen and oxygen atoms in total. The van der Waals surface area contributed by atoms with E-state index in [1.807, 2.05) is 37.3 Å². The number of rotatable bonds is 6. The maximum absolute atomic E-state index is 12.4. The SMILES string of the molecule is CCCc1nnsc1C(=O)NC(C)Cc1cc2ccccc2o1. The van der Waals surface area contributed by atoms with Gasteiger partial charge in [0.25, 0.3) is 5.91 Å². The van der Waals surface area contributed by atoms with E-state index in [-0.39, 0.29) is 11.9 Å². The van der Waals surface area contributed by atoms with Gasteiger partial charge in [-0.3, -0.25) is 4.79 Å². The van der Waals surface area contributed by atoms with Crippen molar-refractivity contribution in [2.45, 2.75) is 39.2 Å². The van der Waals surface area contributed by atoms with E-state index < -0.39 is 0 Å². The Hall–Kier alpha value is -2.21. The average molecular weight is 329 g/mol. The smallest absolute Gasteiger partial charge is 0.265 e. The van der Waals surface area contributed by atoms with Crippen molar-refractivity contribution in [1.29, 1.82) is 0 Å². The lowest BCUT2D eigenvalue weighted by atomic mass is 10.1. The third-order valence-electron chi connectivity index (χ3n) is 3.61. The first kappa shape index (κ1) is 15.7. The molecule has 1 N–H and O–H groups in total. The second-order valence-corrected chi connectivity index (χ2v) is 6.38. The van der Waals surface area contributed by atoms with Crippen LogP contribution in [0, 0.1) is 0 Å². The van der Waals surface area contributed by atoms with Crippen LogP contribution in [0.1, 0.15) is 41.4 Å². The Labute approximate surface area is 138 Å². The summed E-state index contributed by atoms with van der Waals surface area (Å²) in [5, 5.41) is 8.12. The summed E-state index contributed by atoms with van der Waals surface area (Å²) >= 11 is 1.15. The van der Waals surface area contributed by atoms with Crippen molar-refractivity contribution >= 4 is 28.4 Å². The number of aryl methyl sites for hydroxylation is 1. The molecule has 1 aromatic carbocycles. The van der Waals surface area contributed by atoms with Crippen molar-refractivity contribution in [3.63, 3.8) is 0 Å². The monoisotopic (exact) mass is 329 g/mol. The molecule has 3 rings (SSSR count). The van der Waals surface area contributed by atoms with Crippen LogP contribution in [0.4, 0.5) is 0 Å². The molecule has 1 unspecified atom stereocenters. The number of nitrogens with one attached hydrogen (secondary N) is 1. The molecule has 120 valence electrons. The number of fused-ring (bicyclic) bond motifs is 1. The van der Waals surface area contributed by atoms with Gasteiger partial charge >= 0.3 is 0 Å². The molecule has 23 heavy (non-hydrogen) atoms. The molecule has 0 saturated carbocycles. The second kappa shape index (κ2) is 6.91. The summed E-state index contributed by atoms with van der Waals surface area (Å²) < 4.78 is 9.69. The molecule has 0 radical (unpaired) electrons. The van der Waals surface area contributed by atoms with Gasteiger partial charge in [-0.1, -0.05) is 36.0 Å². The fourth-order valence-electron chi connectivity index (χ4n) is 2.56. The molecule has 1 atom stereocenters. The molecular formula is C17H19N3O2S. The molecule has 0 aliphatic carbocycles. The van der Waals surface area contributed by atoms with E-state index in [9.17, 15) is 4.79 Å². The van der Waals surface area contributed by atoms with Gasteiger partial charge in [-0.05, 0) is 37.0 Å². The van der Waals surface area contributed by atoms with Gasteiger partial charge in [-0.15, -0.1) is 5.10 Å². The summed E-state index contributed by atoms with van der Waals surface area (Å²) in [5.74, 6) is 0.766. The highest BCUT2D eigenvalue weighted by atomic mass is 32.1. The molecule has 0 fully saturated rings. The lowest BCUT2D eigenvalue weighted by molar-refractivity contribution is 0.0942. The van der Waals surface area contributed by atoms with Crippen LogP contribution in [0.25, 0.3) is 11.0 Å². The van der Waals surface area contributed by atoms with Crippen LogP contribution in [0.3, 0.4) is 0 Å². The molecule has 3 aromatic rings. The third kappa shape index (κ3) is 3.59. The molecular weight excluding hydrogens is 310 g/mol. The van der Waals surface area contributed by atoms with Gasteiger partial charge in [-0.25, -0.2) is 0 Å². The highest BCUT2D eigenvalue weighted by Crippen LogP contribution is 2.20. The Morgan fingerprint density at radius 1 is 1.39 bits per heavy atom. The molecule has 0 spiro atoms. The summed E-state index contributed by atoms with van der Waals surface area (Å²) in [6.45, 7) is 4.03. The van der Waals surface area contributed by atoms with E-state index in [0.717, 1.165) is 46.8 Å². The number of aromatic nitrogens is 2. The van der Waals surface area contributed by atoms with Gasteiger partial charge < -0.3 is 9.73 Å². The Morgan fingerprint density at radius 3 is 3.00 bits per heavy atom. The molecule has 2 heterocycles. The van der Waals surface area contributed by atoms with E-state index in [4.69, 9.17) is 4.42 Å². The van der Waals surface area contributed by atoms with E-state index in [1.165, 1.54) is 0 Å². The summed E-state index contributed by atoms with van der Waals surface area (Å²) in [7, 11) is 0. The Kier molecular flexibility index (Phi) is 4.71. The zero-order valence-electron chi connectivity index (χ0n) is 13.2. The summed E-state index contributed by atoms with van der Waals surface area (Å²) in [6.07, 6.45) is 2.37. The predicted octanol–water partition coefficient (Wildman–Crippen LogP) is 3.60. The maximum Gasteiger partial charge on any atom is 0.265 e. The molecule has 1 amide bonds. The zero-order chi connectivity index (χ0) is 16.2. The van der Waals surface area contributed by atoms with Crippen molar-refractivity contribution in [3.05, 3.63) is 46.7 Å².